The minimum Gasteiger partial charge on any atom is -0.352 e. The molecule has 0 bridgehead atoms. The predicted octanol–water partition coefficient (Wildman–Crippen LogP) is 2.30. The second-order valence-electron chi connectivity index (χ2n) is 5.18. The van der Waals surface area contributed by atoms with Gasteiger partial charge in [0.15, 0.2) is 5.96 Å². The Kier molecular flexibility index (Phi) is 6.17. The van der Waals surface area contributed by atoms with E-state index in [9.17, 15) is 4.79 Å². The van der Waals surface area contributed by atoms with Gasteiger partial charge in [0.05, 0.1) is 6.54 Å². The van der Waals surface area contributed by atoms with E-state index in [1.165, 1.54) is 5.56 Å². The number of carbonyl (C=O) groups is 1. The predicted molar refractivity (Wildman–Crippen MR) is 94.5 cm³/mol. The SMILES string of the molecule is CN=C(NCC(=O)Nc1ccccc1)NCc1ccc(C)cc1. The highest BCUT2D eigenvalue weighted by atomic mass is 16.1. The highest BCUT2D eigenvalue weighted by Crippen LogP contribution is 2.04. The number of anilines is 1. The number of rotatable bonds is 5. The van der Waals surface area contributed by atoms with Gasteiger partial charge < -0.3 is 16.0 Å². The van der Waals surface area contributed by atoms with Crippen molar-refractivity contribution >= 4 is 17.6 Å². The Morgan fingerprint density at radius 2 is 1.70 bits per heavy atom. The van der Waals surface area contributed by atoms with Gasteiger partial charge in [-0.15, -0.1) is 0 Å². The summed E-state index contributed by atoms with van der Waals surface area (Å²) in [5.41, 5.74) is 3.17. The monoisotopic (exact) mass is 310 g/mol. The maximum atomic E-state index is 11.9. The Morgan fingerprint density at radius 1 is 1.00 bits per heavy atom. The maximum absolute atomic E-state index is 11.9. The number of para-hydroxylation sites is 1. The minimum absolute atomic E-state index is 0.116. The van der Waals surface area contributed by atoms with E-state index in [1.54, 1.807) is 7.05 Å². The zero-order valence-corrected chi connectivity index (χ0v) is 13.5. The number of aryl methyl sites for hydroxylation is 1. The summed E-state index contributed by atoms with van der Waals surface area (Å²) in [6, 6.07) is 17.6. The number of benzene rings is 2. The van der Waals surface area contributed by atoms with Crippen molar-refractivity contribution < 1.29 is 4.79 Å². The number of hydrogen-bond acceptors (Lipinski definition) is 2. The first kappa shape index (κ1) is 16.5. The molecule has 0 aromatic heterocycles. The first-order valence-electron chi connectivity index (χ1n) is 7.52. The Labute approximate surface area is 136 Å². The van der Waals surface area contributed by atoms with Crippen molar-refractivity contribution in [2.75, 3.05) is 18.9 Å². The maximum Gasteiger partial charge on any atom is 0.243 e. The van der Waals surface area contributed by atoms with Gasteiger partial charge in [-0.3, -0.25) is 9.79 Å². The van der Waals surface area contributed by atoms with Crippen LogP contribution in [0.5, 0.6) is 0 Å². The highest BCUT2D eigenvalue weighted by molar-refractivity contribution is 5.94. The van der Waals surface area contributed by atoms with Crippen molar-refractivity contribution in [2.24, 2.45) is 4.99 Å². The van der Waals surface area contributed by atoms with Crippen LogP contribution in [0.2, 0.25) is 0 Å². The number of nitrogens with one attached hydrogen (secondary N) is 3. The number of nitrogens with zero attached hydrogens (tertiary/aromatic N) is 1. The molecule has 0 aliphatic carbocycles. The Balaban J connectivity index is 1.76. The van der Waals surface area contributed by atoms with Crippen molar-refractivity contribution in [2.45, 2.75) is 13.5 Å². The Morgan fingerprint density at radius 3 is 2.35 bits per heavy atom. The lowest BCUT2D eigenvalue weighted by atomic mass is 10.1. The molecule has 2 aromatic rings. The van der Waals surface area contributed by atoms with Crippen LogP contribution in [0.1, 0.15) is 11.1 Å². The standard InChI is InChI=1S/C18H22N4O/c1-14-8-10-15(11-9-14)12-20-18(19-2)21-13-17(23)22-16-6-4-3-5-7-16/h3-11H,12-13H2,1-2H3,(H,22,23)(H2,19,20,21). The molecule has 120 valence electrons. The van der Waals surface area contributed by atoms with Crippen LogP contribution >= 0.6 is 0 Å². The fraction of sp³-hybridized carbons (Fsp3) is 0.222. The van der Waals surface area contributed by atoms with Crippen molar-refractivity contribution in [3.8, 4) is 0 Å². The molecule has 0 atom stereocenters. The summed E-state index contributed by atoms with van der Waals surface area (Å²) in [5, 5.41) is 9.00. The third-order valence-electron chi connectivity index (χ3n) is 3.28. The van der Waals surface area contributed by atoms with Gasteiger partial charge in [0, 0.05) is 19.3 Å². The van der Waals surface area contributed by atoms with Crippen LogP contribution < -0.4 is 16.0 Å². The lowest BCUT2D eigenvalue weighted by Crippen LogP contribution is -2.41. The molecule has 0 heterocycles. The highest BCUT2D eigenvalue weighted by Gasteiger charge is 2.04. The molecule has 0 saturated carbocycles. The molecule has 23 heavy (non-hydrogen) atoms. The van der Waals surface area contributed by atoms with E-state index in [4.69, 9.17) is 0 Å². The average molecular weight is 310 g/mol. The van der Waals surface area contributed by atoms with Gasteiger partial charge in [-0.2, -0.15) is 0 Å². The fourth-order valence-electron chi connectivity index (χ4n) is 2.00. The summed E-state index contributed by atoms with van der Waals surface area (Å²) >= 11 is 0. The molecular weight excluding hydrogens is 288 g/mol. The van der Waals surface area contributed by atoms with Crippen molar-refractivity contribution in [3.63, 3.8) is 0 Å². The molecule has 0 spiro atoms. The third kappa shape index (κ3) is 5.82. The molecule has 0 unspecified atom stereocenters. The lowest BCUT2D eigenvalue weighted by Gasteiger charge is -2.12. The number of carbonyl (C=O) groups excluding carboxylic acids is 1. The second kappa shape index (κ2) is 8.58. The molecule has 2 aromatic carbocycles. The molecule has 0 saturated heterocycles. The van der Waals surface area contributed by atoms with E-state index in [2.05, 4.69) is 52.1 Å². The van der Waals surface area contributed by atoms with Crippen LogP contribution in [-0.2, 0) is 11.3 Å². The van der Waals surface area contributed by atoms with Gasteiger partial charge in [-0.25, -0.2) is 0 Å². The summed E-state index contributed by atoms with van der Waals surface area (Å²) in [5.74, 6) is 0.475. The van der Waals surface area contributed by atoms with Gasteiger partial charge in [0.2, 0.25) is 5.91 Å². The van der Waals surface area contributed by atoms with Crippen molar-refractivity contribution in [3.05, 3.63) is 65.7 Å². The number of hydrogen-bond donors (Lipinski definition) is 3. The van der Waals surface area contributed by atoms with Crippen LogP contribution in [0, 0.1) is 6.92 Å². The van der Waals surface area contributed by atoms with Gasteiger partial charge in [-0.1, -0.05) is 48.0 Å². The van der Waals surface area contributed by atoms with Crippen LogP contribution in [0.25, 0.3) is 0 Å². The number of amides is 1. The van der Waals surface area contributed by atoms with Gasteiger partial charge in [0.25, 0.3) is 0 Å². The number of guanidine groups is 1. The molecule has 3 N–H and O–H groups in total. The third-order valence-corrected chi connectivity index (χ3v) is 3.28. The van der Waals surface area contributed by atoms with Gasteiger partial charge in [0.1, 0.15) is 0 Å². The zero-order chi connectivity index (χ0) is 16.5. The van der Waals surface area contributed by atoms with Crippen LogP contribution in [0.15, 0.2) is 59.6 Å². The molecule has 5 heteroatoms. The van der Waals surface area contributed by atoms with Crippen molar-refractivity contribution in [1.29, 1.82) is 0 Å². The summed E-state index contributed by atoms with van der Waals surface area (Å²) in [6.07, 6.45) is 0. The topological polar surface area (TPSA) is 65.5 Å². The van der Waals surface area contributed by atoms with E-state index in [-0.39, 0.29) is 12.5 Å². The van der Waals surface area contributed by atoms with Gasteiger partial charge in [-0.05, 0) is 24.6 Å². The molecule has 0 radical (unpaired) electrons. The van der Waals surface area contributed by atoms with Crippen molar-refractivity contribution in [1.82, 2.24) is 10.6 Å². The Bertz CT molecular complexity index is 650. The quantitative estimate of drug-likeness (QED) is 0.586. The minimum atomic E-state index is -0.116. The largest absolute Gasteiger partial charge is 0.352 e. The first-order chi connectivity index (χ1) is 11.2. The molecule has 1 amide bonds. The van der Waals surface area contributed by atoms with E-state index in [0.717, 1.165) is 11.3 Å². The normalized spacial score (nSPS) is 11.0. The molecule has 0 aliphatic rings. The van der Waals surface area contributed by atoms with E-state index in [0.29, 0.717) is 12.5 Å². The smallest absolute Gasteiger partial charge is 0.243 e. The first-order valence-corrected chi connectivity index (χ1v) is 7.52. The van der Waals surface area contributed by atoms with E-state index in [1.807, 2.05) is 30.3 Å². The molecule has 5 nitrogen and oxygen atoms in total. The average Bonchev–Trinajstić information content (AvgIpc) is 2.57. The molecule has 2 rings (SSSR count). The zero-order valence-electron chi connectivity index (χ0n) is 13.5. The van der Waals surface area contributed by atoms with E-state index >= 15 is 0 Å². The molecule has 0 fully saturated rings. The van der Waals surface area contributed by atoms with Crippen LogP contribution in [0.4, 0.5) is 5.69 Å². The van der Waals surface area contributed by atoms with Crippen LogP contribution in [0.3, 0.4) is 0 Å². The Hall–Kier alpha value is -2.82. The van der Waals surface area contributed by atoms with Crippen LogP contribution in [-0.4, -0.2) is 25.5 Å². The second-order valence-corrected chi connectivity index (χ2v) is 5.18. The summed E-state index contributed by atoms with van der Waals surface area (Å²) in [4.78, 5) is 16.0. The van der Waals surface area contributed by atoms with E-state index < -0.39 is 0 Å². The summed E-state index contributed by atoms with van der Waals surface area (Å²) < 4.78 is 0. The summed E-state index contributed by atoms with van der Waals surface area (Å²) in [6.45, 7) is 2.87. The summed E-state index contributed by atoms with van der Waals surface area (Å²) in [7, 11) is 1.68. The number of aliphatic imine (C=N–C) groups is 1. The van der Waals surface area contributed by atoms with Gasteiger partial charge >= 0.3 is 0 Å². The fourth-order valence-corrected chi connectivity index (χ4v) is 2.00. The molecule has 0 aliphatic heterocycles. The molecular formula is C18H22N4O. The lowest BCUT2D eigenvalue weighted by molar-refractivity contribution is -0.115.